The van der Waals surface area contributed by atoms with Crippen LogP contribution in [-0.4, -0.2) is 5.84 Å². The second-order valence-corrected chi connectivity index (χ2v) is 6.34. The van der Waals surface area contributed by atoms with E-state index in [2.05, 4.69) is 55.5 Å². The molecule has 0 fully saturated rings. The molecule has 0 spiro atoms. The average Bonchev–Trinajstić information content (AvgIpc) is 2.56. The minimum absolute atomic E-state index is 0.214. The summed E-state index contributed by atoms with van der Waals surface area (Å²) in [5, 5.41) is 7.88. The van der Waals surface area contributed by atoms with E-state index in [-0.39, 0.29) is 5.84 Å². The highest BCUT2D eigenvalue weighted by molar-refractivity contribution is 5.95. The molecule has 0 radical (unpaired) electrons. The lowest BCUT2D eigenvalue weighted by molar-refractivity contribution is 0.446. The summed E-state index contributed by atoms with van der Waals surface area (Å²) in [7, 11) is 0. The first-order valence-corrected chi connectivity index (χ1v) is 8.13. The molecule has 0 amide bonds. The van der Waals surface area contributed by atoms with Gasteiger partial charge in [0.1, 0.15) is 5.84 Å². The van der Waals surface area contributed by atoms with Crippen molar-refractivity contribution in [2.75, 3.05) is 0 Å². The molecule has 2 unspecified atom stereocenters. The molecule has 0 saturated carbocycles. The quantitative estimate of drug-likeness (QED) is 0.580. The lowest BCUT2D eigenvalue weighted by Crippen LogP contribution is -2.25. The van der Waals surface area contributed by atoms with Crippen molar-refractivity contribution in [3.8, 4) is 0 Å². The van der Waals surface area contributed by atoms with Crippen LogP contribution in [0.25, 0.3) is 0 Å². The molecule has 2 nitrogen and oxygen atoms in total. The average molecular weight is 292 g/mol. The molecule has 114 valence electrons. The molecule has 3 N–H and O–H groups in total. The van der Waals surface area contributed by atoms with Gasteiger partial charge in [0.15, 0.2) is 0 Å². The Balaban J connectivity index is 2.00. The molecule has 0 bridgehead atoms. The predicted molar refractivity (Wildman–Crippen MR) is 93.6 cm³/mol. The van der Waals surface area contributed by atoms with Crippen LogP contribution in [0.3, 0.4) is 0 Å². The molecule has 22 heavy (non-hydrogen) atoms. The molecule has 3 aliphatic rings. The topological polar surface area (TPSA) is 49.9 Å². The van der Waals surface area contributed by atoms with Crippen LogP contribution in [0.5, 0.6) is 0 Å². The second-order valence-electron chi connectivity index (χ2n) is 6.34. The van der Waals surface area contributed by atoms with Gasteiger partial charge in [-0.2, -0.15) is 0 Å². The summed E-state index contributed by atoms with van der Waals surface area (Å²) in [6, 6.07) is 0. The third-order valence-corrected chi connectivity index (χ3v) is 4.92. The highest BCUT2D eigenvalue weighted by Gasteiger charge is 2.28. The maximum Gasteiger partial charge on any atom is 0.118 e. The maximum atomic E-state index is 7.88. The molecule has 0 aromatic carbocycles. The number of nitrogens with two attached hydrogens (primary N) is 1. The zero-order valence-corrected chi connectivity index (χ0v) is 13.2. The number of hydrogen-bond acceptors (Lipinski definition) is 1. The lowest BCUT2D eigenvalue weighted by Gasteiger charge is -2.32. The summed E-state index contributed by atoms with van der Waals surface area (Å²) >= 11 is 0. The summed E-state index contributed by atoms with van der Waals surface area (Å²) in [4.78, 5) is 0. The van der Waals surface area contributed by atoms with E-state index in [1.807, 2.05) is 0 Å². The minimum Gasteiger partial charge on any atom is -0.384 e. The Hall–Kier alpha value is -2.09. The van der Waals surface area contributed by atoms with Crippen LogP contribution in [0.4, 0.5) is 0 Å². The summed E-state index contributed by atoms with van der Waals surface area (Å²) in [6.07, 6.45) is 21.9. The fourth-order valence-corrected chi connectivity index (χ4v) is 3.62. The van der Waals surface area contributed by atoms with E-state index in [0.717, 1.165) is 31.3 Å². The fraction of sp³-hybridized carbons (Fsp3) is 0.350. The Labute approximate surface area is 133 Å². The van der Waals surface area contributed by atoms with Gasteiger partial charge in [-0.25, -0.2) is 0 Å². The standard InChI is InChI=1S/C20H24N2/c1-14-18(15-8-4-2-5-9-15)12-17(20(21)22)13-19(14)16-10-6-3-7-11-16/h2,4-6,8,10-11,13,15,18H,3,7,9,12H2,1H3,(H3,21,22). The van der Waals surface area contributed by atoms with Gasteiger partial charge < -0.3 is 5.73 Å². The van der Waals surface area contributed by atoms with Crippen LogP contribution in [0, 0.1) is 17.2 Å². The molecule has 3 aliphatic carbocycles. The van der Waals surface area contributed by atoms with E-state index in [0.29, 0.717) is 11.8 Å². The monoisotopic (exact) mass is 292 g/mol. The van der Waals surface area contributed by atoms with Crippen molar-refractivity contribution in [1.29, 1.82) is 5.41 Å². The zero-order chi connectivity index (χ0) is 15.5. The third-order valence-electron chi connectivity index (χ3n) is 4.92. The number of amidine groups is 1. The van der Waals surface area contributed by atoms with Crippen molar-refractivity contribution in [3.63, 3.8) is 0 Å². The van der Waals surface area contributed by atoms with Gasteiger partial charge in [0.25, 0.3) is 0 Å². The van der Waals surface area contributed by atoms with Crippen molar-refractivity contribution >= 4 is 5.84 Å². The van der Waals surface area contributed by atoms with E-state index < -0.39 is 0 Å². The molecule has 2 atom stereocenters. The first-order chi connectivity index (χ1) is 10.7. The Morgan fingerprint density at radius 3 is 2.73 bits per heavy atom. The van der Waals surface area contributed by atoms with E-state index >= 15 is 0 Å². The first kappa shape index (κ1) is 14.8. The molecule has 3 rings (SSSR count). The summed E-state index contributed by atoms with van der Waals surface area (Å²) in [5.74, 6) is 1.17. The molecule has 0 aliphatic heterocycles. The van der Waals surface area contributed by atoms with Gasteiger partial charge in [0.05, 0.1) is 0 Å². The Bertz CT molecular complexity index is 653. The molecule has 0 aromatic rings. The summed E-state index contributed by atoms with van der Waals surface area (Å²) in [6.45, 7) is 2.25. The second kappa shape index (κ2) is 6.35. The molecule has 0 heterocycles. The van der Waals surface area contributed by atoms with Gasteiger partial charge in [0.2, 0.25) is 0 Å². The van der Waals surface area contributed by atoms with Gasteiger partial charge in [-0.15, -0.1) is 0 Å². The first-order valence-electron chi connectivity index (χ1n) is 8.13. The maximum absolute atomic E-state index is 7.88. The number of rotatable bonds is 3. The molecule has 0 saturated heterocycles. The highest BCUT2D eigenvalue weighted by Crippen LogP contribution is 2.40. The number of hydrogen-bond donors (Lipinski definition) is 2. The summed E-state index contributed by atoms with van der Waals surface area (Å²) < 4.78 is 0. The Kier molecular flexibility index (Phi) is 4.28. The smallest absolute Gasteiger partial charge is 0.118 e. The number of nitrogens with one attached hydrogen (secondary N) is 1. The highest BCUT2D eigenvalue weighted by atomic mass is 14.7. The van der Waals surface area contributed by atoms with Crippen LogP contribution in [-0.2, 0) is 0 Å². The van der Waals surface area contributed by atoms with Gasteiger partial charge in [-0.1, -0.05) is 48.1 Å². The third kappa shape index (κ3) is 2.92. The van der Waals surface area contributed by atoms with Gasteiger partial charge in [-0.3, -0.25) is 5.41 Å². The molecule has 0 aromatic heterocycles. The van der Waals surface area contributed by atoms with Crippen LogP contribution in [0.2, 0.25) is 0 Å². The van der Waals surface area contributed by atoms with E-state index in [1.165, 1.54) is 16.7 Å². The molecule has 2 heteroatoms. The van der Waals surface area contributed by atoms with Crippen LogP contribution >= 0.6 is 0 Å². The van der Waals surface area contributed by atoms with Crippen LogP contribution in [0.15, 0.2) is 70.9 Å². The Morgan fingerprint density at radius 2 is 2.09 bits per heavy atom. The van der Waals surface area contributed by atoms with E-state index in [1.54, 1.807) is 0 Å². The summed E-state index contributed by atoms with van der Waals surface area (Å²) in [5.41, 5.74) is 10.8. The van der Waals surface area contributed by atoms with Gasteiger partial charge in [-0.05, 0) is 67.2 Å². The minimum atomic E-state index is 0.214. The van der Waals surface area contributed by atoms with Crippen molar-refractivity contribution in [1.82, 2.24) is 0 Å². The van der Waals surface area contributed by atoms with Crippen molar-refractivity contribution < 1.29 is 0 Å². The SMILES string of the molecule is CC1=C(C2=CCCC=C2)C=C(C(=N)N)CC1C1C=CC=CC1. The van der Waals surface area contributed by atoms with Crippen molar-refractivity contribution in [3.05, 3.63) is 70.9 Å². The molecular weight excluding hydrogens is 268 g/mol. The number of allylic oxidation sites excluding steroid dienone is 11. The van der Waals surface area contributed by atoms with Crippen LogP contribution < -0.4 is 5.73 Å². The lowest BCUT2D eigenvalue weighted by atomic mass is 9.72. The van der Waals surface area contributed by atoms with E-state index in [4.69, 9.17) is 11.1 Å². The Morgan fingerprint density at radius 1 is 1.23 bits per heavy atom. The van der Waals surface area contributed by atoms with E-state index in [9.17, 15) is 0 Å². The molecular formula is C20H24N2. The predicted octanol–water partition coefficient (Wildman–Crippen LogP) is 4.59. The van der Waals surface area contributed by atoms with Crippen LogP contribution in [0.1, 0.15) is 32.6 Å². The van der Waals surface area contributed by atoms with Gasteiger partial charge >= 0.3 is 0 Å². The van der Waals surface area contributed by atoms with Crippen molar-refractivity contribution in [2.45, 2.75) is 32.6 Å². The largest absolute Gasteiger partial charge is 0.384 e. The normalized spacial score (nSPS) is 27.7. The zero-order valence-electron chi connectivity index (χ0n) is 13.2. The van der Waals surface area contributed by atoms with Gasteiger partial charge in [0, 0.05) is 0 Å². The fourth-order valence-electron chi connectivity index (χ4n) is 3.62. The van der Waals surface area contributed by atoms with Crippen molar-refractivity contribution in [2.24, 2.45) is 17.6 Å².